The molecular weight excluding hydrogens is 352 g/mol. The highest BCUT2D eigenvalue weighted by atomic mass is 16.6. The van der Waals surface area contributed by atoms with Gasteiger partial charge in [0, 0.05) is 18.2 Å². The van der Waals surface area contributed by atoms with Crippen molar-refractivity contribution < 1.29 is 19.3 Å². The van der Waals surface area contributed by atoms with Gasteiger partial charge in [-0.15, -0.1) is 0 Å². The molecule has 146 valence electrons. The summed E-state index contributed by atoms with van der Waals surface area (Å²) in [6.45, 7) is 2.66. The molecule has 1 aliphatic rings. The van der Waals surface area contributed by atoms with Crippen LogP contribution in [0.2, 0.25) is 0 Å². The van der Waals surface area contributed by atoms with Gasteiger partial charge in [0.1, 0.15) is 12.3 Å². The molecular formula is C19H24N2O6. The van der Waals surface area contributed by atoms with Gasteiger partial charge < -0.3 is 19.3 Å². The number of hydrogen-bond donors (Lipinski definition) is 2. The van der Waals surface area contributed by atoms with E-state index in [2.05, 4.69) is 4.98 Å². The molecule has 0 unspecified atom stereocenters. The summed E-state index contributed by atoms with van der Waals surface area (Å²) < 4.78 is 18.4. The number of nitrogens with one attached hydrogen (secondary N) is 1. The van der Waals surface area contributed by atoms with Crippen molar-refractivity contribution in [2.24, 2.45) is 0 Å². The third-order valence-electron chi connectivity index (χ3n) is 4.49. The summed E-state index contributed by atoms with van der Waals surface area (Å²) in [5, 5.41) is 9.54. The summed E-state index contributed by atoms with van der Waals surface area (Å²) in [5.41, 5.74) is 0.538. The quantitative estimate of drug-likeness (QED) is 0.659. The number of nitrogens with zero attached hydrogens (tertiary/aromatic N) is 1. The van der Waals surface area contributed by atoms with Crippen molar-refractivity contribution in [1.29, 1.82) is 0 Å². The maximum absolute atomic E-state index is 12.0. The zero-order valence-electron chi connectivity index (χ0n) is 15.2. The van der Waals surface area contributed by atoms with E-state index in [0.29, 0.717) is 31.8 Å². The Balaban J connectivity index is 1.51. The molecule has 1 fully saturated rings. The molecule has 3 atom stereocenters. The second-order valence-electron chi connectivity index (χ2n) is 6.47. The van der Waals surface area contributed by atoms with Crippen molar-refractivity contribution in [3.8, 4) is 0 Å². The number of aromatic amines is 1. The van der Waals surface area contributed by atoms with E-state index in [9.17, 15) is 14.7 Å². The van der Waals surface area contributed by atoms with Gasteiger partial charge in [0.25, 0.3) is 5.56 Å². The molecule has 0 radical (unpaired) electrons. The van der Waals surface area contributed by atoms with E-state index < -0.39 is 23.6 Å². The van der Waals surface area contributed by atoms with Crippen molar-refractivity contribution in [3.63, 3.8) is 0 Å². The Morgan fingerprint density at radius 1 is 1.26 bits per heavy atom. The fourth-order valence-electron chi connectivity index (χ4n) is 3.03. The summed E-state index contributed by atoms with van der Waals surface area (Å²) in [6, 6.07) is 9.84. The predicted octanol–water partition coefficient (Wildman–Crippen LogP) is 0.727. The van der Waals surface area contributed by atoms with Crippen LogP contribution < -0.4 is 11.2 Å². The van der Waals surface area contributed by atoms with Gasteiger partial charge in [-0.05, 0) is 12.5 Å². The minimum absolute atomic E-state index is 0.219. The average molecular weight is 376 g/mol. The first-order valence-corrected chi connectivity index (χ1v) is 8.90. The lowest BCUT2D eigenvalue weighted by Gasteiger charge is -2.16. The summed E-state index contributed by atoms with van der Waals surface area (Å²) >= 11 is 0. The summed E-state index contributed by atoms with van der Waals surface area (Å²) in [7, 11) is 0. The van der Waals surface area contributed by atoms with Crippen LogP contribution in [0.1, 0.15) is 23.8 Å². The number of aromatic nitrogens is 2. The Kier molecular flexibility index (Phi) is 6.57. The zero-order chi connectivity index (χ0) is 19.2. The number of ether oxygens (including phenoxy) is 3. The first-order valence-electron chi connectivity index (χ1n) is 8.90. The number of aryl methyl sites for hydroxylation is 1. The molecule has 1 saturated heterocycles. The van der Waals surface area contributed by atoms with Crippen LogP contribution in [0.15, 0.2) is 46.1 Å². The highest BCUT2D eigenvalue weighted by Gasteiger charge is 2.37. The maximum Gasteiger partial charge on any atom is 0.330 e. The zero-order valence-corrected chi connectivity index (χ0v) is 15.2. The number of rotatable bonds is 8. The Labute approximate surface area is 156 Å². The normalized spacial score (nSPS) is 22.2. The van der Waals surface area contributed by atoms with Crippen LogP contribution in [0.25, 0.3) is 0 Å². The molecule has 0 spiro atoms. The van der Waals surface area contributed by atoms with Crippen LogP contribution in [0.3, 0.4) is 0 Å². The molecule has 8 nitrogen and oxygen atoms in total. The van der Waals surface area contributed by atoms with Crippen molar-refractivity contribution in [1.82, 2.24) is 9.55 Å². The number of H-pyrrole nitrogens is 1. The first kappa shape index (κ1) is 19.5. The van der Waals surface area contributed by atoms with Gasteiger partial charge in [0.05, 0.1) is 32.5 Å². The third-order valence-corrected chi connectivity index (χ3v) is 4.49. The van der Waals surface area contributed by atoms with Crippen molar-refractivity contribution in [2.75, 3.05) is 19.8 Å². The molecule has 0 amide bonds. The highest BCUT2D eigenvalue weighted by molar-refractivity contribution is 5.13. The van der Waals surface area contributed by atoms with Crippen LogP contribution in [0.4, 0.5) is 0 Å². The summed E-state index contributed by atoms with van der Waals surface area (Å²) in [4.78, 5) is 25.8. The van der Waals surface area contributed by atoms with Gasteiger partial charge in [-0.3, -0.25) is 14.3 Å². The molecule has 3 rings (SSSR count). The highest BCUT2D eigenvalue weighted by Crippen LogP contribution is 2.29. The topological polar surface area (TPSA) is 103 Å². The van der Waals surface area contributed by atoms with Gasteiger partial charge >= 0.3 is 5.69 Å². The molecule has 0 aliphatic carbocycles. The van der Waals surface area contributed by atoms with E-state index in [1.807, 2.05) is 30.3 Å². The molecule has 1 aromatic heterocycles. The Hall–Kier alpha value is -2.26. The van der Waals surface area contributed by atoms with E-state index in [1.165, 1.54) is 10.8 Å². The lowest BCUT2D eigenvalue weighted by Crippen LogP contribution is -2.33. The monoisotopic (exact) mass is 376 g/mol. The van der Waals surface area contributed by atoms with Gasteiger partial charge in [-0.25, -0.2) is 4.79 Å². The van der Waals surface area contributed by atoms with E-state index >= 15 is 0 Å². The Bertz CT molecular complexity index is 847. The second kappa shape index (κ2) is 9.09. The van der Waals surface area contributed by atoms with Crippen LogP contribution in [0, 0.1) is 6.92 Å². The third kappa shape index (κ3) is 4.92. The number of aliphatic hydroxyl groups is 1. The lowest BCUT2D eigenvalue weighted by molar-refractivity contribution is -0.0705. The van der Waals surface area contributed by atoms with Gasteiger partial charge in [-0.1, -0.05) is 30.3 Å². The Morgan fingerprint density at radius 2 is 2.04 bits per heavy atom. The van der Waals surface area contributed by atoms with E-state index in [1.54, 1.807) is 6.92 Å². The fraction of sp³-hybridized carbons (Fsp3) is 0.474. The van der Waals surface area contributed by atoms with Gasteiger partial charge in [0.2, 0.25) is 0 Å². The fourth-order valence-corrected chi connectivity index (χ4v) is 3.03. The number of hydrogen-bond acceptors (Lipinski definition) is 6. The largest absolute Gasteiger partial charge is 0.394 e. The van der Waals surface area contributed by atoms with Crippen molar-refractivity contribution >= 4 is 0 Å². The van der Waals surface area contributed by atoms with E-state index in [0.717, 1.165) is 5.56 Å². The van der Waals surface area contributed by atoms with Crippen LogP contribution >= 0.6 is 0 Å². The van der Waals surface area contributed by atoms with E-state index in [-0.39, 0.29) is 12.7 Å². The molecule has 1 aromatic carbocycles. The molecule has 2 aromatic rings. The van der Waals surface area contributed by atoms with Crippen molar-refractivity contribution in [3.05, 3.63) is 68.5 Å². The van der Waals surface area contributed by atoms with Gasteiger partial charge in [0.15, 0.2) is 0 Å². The summed E-state index contributed by atoms with van der Waals surface area (Å²) in [5.74, 6) is 0. The standard InChI is InChI=1S/C19H24N2O6/c1-13-10-21(19(24)20-18(13)23)17-9-15(16(11-22)27-17)26-8-7-25-12-14-5-3-2-4-6-14/h2-6,10,15-17,22H,7-9,11-12H2,1H3,(H,20,23,24)/t15-,16-,17-/m1/s1. The minimum Gasteiger partial charge on any atom is -0.394 e. The number of benzene rings is 1. The predicted molar refractivity (Wildman–Crippen MR) is 97.5 cm³/mol. The van der Waals surface area contributed by atoms with Crippen LogP contribution in [0.5, 0.6) is 0 Å². The van der Waals surface area contributed by atoms with Crippen LogP contribution in [-0.2, 0) is 20.8 Å². The SMILES string of the molecule is Cc1cn([C@H]2C[C@@H](OCCOCc3ccccc3)[C@@H](CO)O2)c(=O)[nH]c1=O. The molecule has 8 heteroatoms. The number of aliphatic hydroxyl groups excluding tert-OH is 1. The molecule has 0 bridgehead atoms. The average Bonchev–Trinajstić information content (AvgIpc) is 3.08. The van der Waals surface area contributed by atoms with Crippen molar-refractivity contribution in [2.45, 2.75) is 38.4 Å². The molecule has 2 heterocycles. The lowest BCUT2D eigenvalue weighted by atomic mass is 10.2. The first-order chi connectivity index (χ1) is 13.1. The smallest absolute Gasteiger partial charge is 0.330 e. The molecule has 0 saturated carbocycles. The van der Waals surface area contributed by atoms with Gasteiger partial charge in [-0.2, -0.15) is 0 Å². The van der Waals surface area contributed by atoms with Crippen LogP contribution in [-0.4, -0.2) is 46.7 Å². The minimum atomic E-state index is -0.597. The Morgan fingerprint density at radius 3 is 2.78 bits per heavy atom. The molecule has 2 N–H and O–H groups in total. The summed E-state index contributed by atoms with van der Waals surface area (Å²) in [6.07, 6.45) is 0.365. The second-order valence-corrected chi connectivity index (χ2v) is 6.47. The molecule has 1 aliphatic heterocycles. The van der Waals surface area contributed by atoms with E-state index in [4.69, 9.17) is 14.2 Å². The maximum atomic E-state index is 12.0. The molecule has 27 heavy (non-hydrogen) atoms.